The molecule has 0 aliphatic rings. The summed E-state index contributed by atoms with van der Waals surface area (Å²) in [6, 6.07) is 6.27. The number of ether oxygens (including phenoxy) is 1. The van der Waals surface area contributed by atoms with Crippen LogP contribution in [-0.2, 0) is 11.3 Å². The topological polar surface area (TPSA) is 69.4 Å². The maximum Gasteiger partial charge on any atom is 0.191 e. The van der Waals surface area contributed by atoms with Crippen molar-refractivity contribution in [1.82, 2.24) is 10.6 Å². The zero-order valence-corrected chi connectivity index (χ0v) is 11.7. The number of hydrogen-bond acceptors (Lipinski definition) is 3. The highest BCUT2D eigenvalue weighted by atomic mass is 19.1. The first-order valence-corrected chi connectivity index (χ1v) is 6.33. The second-order valence-corrected chi connectivity index (χ2v) is 4.12. The number of nitrogens with one attached hydrogen (secondary N) is 2. The van der Waals surface area contributed by atoms with Gasteiger partial charge in [0.25, 0.3) is 0 Å². The number of hydrogen-bond donors (Lipinski definition) is 2. The lowest BCUT2D eigenvalue weighted by Gasteiger charge is -2.12. The Morgan fingerprint density at radius 1 is 1.45 bits per heavy atom. The van der Waals surface area contributed by atoms with E-state index in [1.54, 1.807) is 14.2 Å². The number of guanidine groups is 1. The largest absolute Gasteiger partial charge is 0.385 e. The van der Waals surface area contributed by atoms with Gasteiger partial charge in [0.15, 0.2) is 5.96 Å². The van der Waals surface area contributed by atoms with Gasteiger partial charge in [-0.15, -0.1) is 0 Å². The van der Waals surface area contributed by atoms with E-state index in [4.69, 9.17) is 10.00 Å². The fourth-order valence-electron chi connectivity index (χ4n) is 1.60. The molecule has 0 bridgehead atoms. The van der Waals surface area contributed by atoms with Crippen LogP contribution < -0.4 is 10.6 Å². The highest BCUT2D eigenvalue weighted by Gasteiger charge is 2.05. The van der Waals surface area contributed by atoms with Crippen LogP contribution in [0.25, 0.3) is 0 Å². The summed E-state index contributed by atoms with van der Waals surface area (Å²) in [6.45, 7) is 1.66. The van der Waals surface area contributed by atoms with E-state index in [9.17, 15) is 4.39 Å². The molecule has 0 amide bonds. The smallest absolute Gasteiger partial charge is 0.191 e. The van der Waals surface area contributed by atoms with Gasteiger partial charge in [-0.05, 0) is 24.6 Å². The Hall–Kier alpha value is -2.13. The maximum atomic E-state index is 13.6. The number of halogens is 1. The molecule has 0 heterocycles. The van der Waals surface area contributed by atoms with Gasteiger partial charge < -0.3 is 15.4 Å². The van der Waals surface area contributed by atoms with Crippen LogP contribution in [0.2, 0.25) is 0 Å². The van der Waals surface area contributed by atoms with E-state index in [0.29, 0.717) is 30.2 Å². The van der Waals surface area contributed by atoms with Crippen LogP contribution in [0.1, 0.15) is 17.5 Å². The van der Waals surface area contributed by atoms with Gasteiger partial charge in [0.1, 0.15) is 5.82 Å². The molecule has 6 heteroatoms. The Morgan fingerprint density at radius 3 is 2.90 bits per heavy atom. The van der Waals surface area contributed by atoms with Crippen molar-refractivity contribution < 1.29 is 9.13 Å². The molecule has 0 atom stereocenters. The van der Waals surface area contributed by atoms with Gasteiger partial charge in [-0.3, -0.25) is 4.99 Å². The molecule has 108 valence electrons. The zero-order chi connectivity index (χ0) is 14.8. The number of rotatable bonds is 6. The molecule has 0 aliphatic heterocycles. The van der Waals surface area contributed by atoms with E-state index >= 15 is 0 Å². The molecule has 0 saturated carbocycles. The van der Waals surface area contributed by atoms with Crippen molar-refractivity contribution in [2.24, 2.45) is 4.99 Å². The molecule has 2 N–H and O–H groups in total. The number of nitriles is 1. The van der Waals surface area contributed by atoms with Gasteiger partial charge in [0.2, 0.25) is 0 Å². The summed E-state index contributed by atoms with van der Waals surface area (Å²) in [5, 5.41) is 14.9. The summed E-state index contributed by atoms with van der Waals surface area (Å²) in [7, 11) is 3.30. The summed E-state index contributed by atoms with van der Waals surface area (Å²) in [6.07, 6.45) is 0.857. The zero-order valence-electron chi connectivity index (χ0n) is 11.7. The lowest BCUT2D eigenvalue weighted by Crippen LogP contribution is -2.37. The highest BCUT2D eigenvalue weighted by Crippen LogP contribution is 2.09. The molecular weight excluding hydrogens is 259 g/mol. The minimum atomic E-state index is -0.341. The minimum Gasteiger partial charge on any atom is -0.385 e. The van der Waals surface area contributed by atoms with E-state index in [-0.39, 0.29) is 12.4 Å². The fraction of sp³-hybridized carbons (Fsp3) is 0.429. The third-order valence-electron chi connectivity index (χ3n) is 2.66. The van der Waals surface area contributed by atoms with Gasteiger partial charge in [-0.1, -0.05) is 0 Å². The Balaban J connectivity index is 2.50. The van der Waals surface area contributed by atoms with Gasteiger partial charge in [0, 0.05) is 39.4 Å². The summed E-state index contributed by atoms with van der Waals surface area (Å²) >= 11 is 0. The van der Waals surface area contributed by atoms with Crippen LogP contribution in [0.15, 0.2) is 23.2 Å². The van der Waals surface area contributed by atoms with Crippen molar-refractivity contribution in [3.63, 3.8) is 0 Å². The quantitative estimate of drug-likeness (QED) is 0.469. The molecule has 1 aromatic carbocycles. The summed E-state index contributed by atoms with van der Waals surface area (Å²) < 4.78 is 18.5. The van der Waals surface area contributed by atoms with Crippen molar-refractivity contribution in [2.45, 2.75) is 13.0 Å². The van der Waals surface area contributed by atoms with E-state index < -0.39 is 0 Å². The standard InChI is InChI=1S/C14H19FN4O/c1-17-14(18-6-3-7-20-2)19-10-12-8-11(9-16)4-5-13(12)15/h4-5,8H,3,6-7,10H2,1-2H3,(H2,17,18,19). The van der Waals surface area contributed by atoms with Crippen LogP contribution in [-0.4, -0.2) is 33.3 Å². The van der Waals surface area contributed by atoms with Crippen molar-refractivity contribution in [3.05, 3.63) is 35.1 Å². The Bertz CT molecular complexity index is 496. The third kappa shape index (κ3) is 5.24. The monoisotopic (exact) mass is 278 g/mol. The molecule has 0 saturated heterocycles. The predicted molar refractivity (Wildman–Crippen MR) is 75.8 cm³/mol. The molecule has 5 nitrogen and oxygen atoms in total. The van der Waals surface area contributed by atoms with Gasteiger partial charge in [-0.25, -0.2) is 4.39 Å². The average Bonchev–Trinajstić information content (AvgIpc) is 2.48. The van der Waals surface area contributed by atoms with Crippen LogP contribution >= 0.6 is 0 Å². The van der Waals surface area contributed by atoms with E-state index in [1.165, 1.54) is 18.2 Å². The van der Waals surface area contributed by atoms with Crippen LogP contribution in [0.5, 0.6) is 0 Å². The van der Waals surface area contributed by atoms with E-state index in [0.717, 1.165) is 6.42 Å². The first-order valence-electron chi connectivity index (χ1n) is 6.33. The molecule has 1 aromatic rings. The number of benzene rings is 1. The minimum absolute atomic E-state index is 0.269. The lowest BCUT2D eigenvalue weighted by molar-refractivity contribution is 0.195. The molecule has 0 unspecified atom stereocenters. The summed E-state index contributed by atoms with van der Waals surface area (Å²) in [5.41, 5.74) is 0.870. The molecular formula is C14H19FN4O. The summed E-state index contributed by atoms with van der Waals surface area (Å²) in [5.74, 6) is 0.245. The Labute approximate surface area is 118 Å². The highest BCUT2D eigenvalue weighted by molar-refractivity contribution is 5.79. The Kier molecular flexibility index (Phi) is 7.07. The molecule has 0 aliphatic carbocycles. The Morgan fingerprint density at radius 2 is 2.25 bits per heavy atom. The lowest BCUT2D eigenvalue weighted by atomic mass is 10.1. The molecule has 0 aromatic heterocycles. The van der Waals surface area contributed by atoms with Crippen molar-refractivity contribution in [3.8, 4) is 6.07 Å². The fourth-order valence-corrected chi connectivity index (χ4v) is 1.60. The number of methoxy groups -OCH3 is 1. The first kappa shape index (κ1) is 15.9. The first-order chi connectivity index (χ1) is 9.71. The van der Waals surface area contributed by atoms with E-state index in [1.807, 2.05) is 6.07 Å². The predicted octanol–water partition coefficient (Wildman–Crippen LogP) is 1.40. The van der Waals surface area contributed by atoms with Crippen LogP contribution in [0.3, 0.4) is 0 Å². The molecule has 0 spiro atoms. The molecule has 0 fully saturated rings. The third-order valence-corrected chi connectivity index (χ3v) is 2.66. The molecule has 1 rings (SSSR count). The molecule has 20 heavy (non-hydrogen) atoms. The number of nitrogens with zero attached hydrogens (tertiary/aromatic N) is 2. The second-order valence-electron chi connectivity index (χ2n) is 4.12. The van der Waals surface area contributed by atoms with Crippen LogP contribution in [0.4, 0.5) is 4.39 Å². The average molecular weight is 278 g/mol. The second kappa shape index (κ2) is 8.88. The summed E-state index contributed by atoms with van der Waals surface area (Å²) in [4.78, 5) is 4.04. The van der Waals surface area contributed by atoms with Crippen molar-refractivity contribution in [1.29, 1.82) is 5.26 Å². The SMILES string of the molecule is CN=C(NCCCOC)NCc1cc(C#N)ccc1F. The molecule has 0 radical (unpaired) electrons. The van der Waals surface area contributed by atoms with E-state index in [2.05, 4.69) is 15.6 Å². The van der Waals surface area contributed by atoms with Crippen LogP contribution in [0, 0.1) is 17.1 Å². The maximum absolute atomic E-state index is 13.6. The van der Waals surface area contributed by atoms with Crippen molar-refractivity contribution in [2.75, 3.05) is 27.3 Å². The van der Waals surface area contributed by atoms with Gasteiger partial charge >= 0.3 is 0 Å². The van der Waals surface area contributed by atoms with Gasteiger partial charge in [-0.2, -0.15) is 5.26 Å². The van der Waals surface area contributed by atoms with Crippen molar-refractivity contribution >= 4 is 5.96 Å². The van der Waals surface area contributed by atoms with Gasteiger partial charge in [0.05, 0.1) is 11.6 Å². The number of aliphatic imine (C=N–C) groups is 1. The normalized spacial score (nSPS) is 11.0.